The summed E-state index contributed by atoms with van der Waals surface area (Å²) in [7, 11) is 0. The Morgan fingerprint density at radius 3 is 1.79 bits per heavy atom. The minimum absolute atomic E-state index is 0.0432. The summed E-state index contributed by atoms with van der Waals surface area (Å²) in [5, 5.41) is 0. The van der Waals surface area contributed by atoms with Gasteiger partial charge in [-0.25, -0.2) is 0 Å². The van der Waals surface area contributed by atoms with Crippen molar-refractivity contribution in [1.29, 1.82) is 0 Å². The van der Waals surface area contributed by atoms with Crippen molar-refractivity contribution >= 4 is 17.9 Å². The molecule has 0 spiro atoms. The van der Waals surface area contributed by atoms with Crippen molar-refractivity contribution in [3.63, 3.8) is 0 Å². The maximum atomic E-state index is 11.7. The Morgan fingerprint density at radius 2 is 1.38 bits per heavy atom. The maximum absolute atomic E-state index is 11.7. The summed E-state index contributed by atoms with van der Waals surface area (Å²) < 4.78 is 17.1. The fourth-order valence-corrected chi connectivity index (χ4v) is 8.32. The predicted octanol–water partition coefficient (Wildman–Crippen LogP) is 3.37. The molecule has 1 atom stereocenters. The normalized spacial score (nSPS) is 20.6. The first kappa shape index (κ1) is 18.9. The number of hydrogen-bond acceptors (Lipinski definition) is 6. The van der Waals surface area contributed by atoms with Gasteiger partial charge in [-0.1, -0.05) is 0 Å². The molecule has 7 heteroatoms. The van der Waals surface area contributed by atoms with Crippen LogP contribution >= 0.6 is 0 Å². The van der Waals surface area contributed by atoms with Crippen LogP contribution in [-0.4, -0.2) is 17.9 Å². The first-order chi connectivity index (χ1) is 11.2. The van der Waals surface area contributed by atoms with Gasteiger partial charge < -0.3 is 0 Å². The summed E-state index contributed by atoms with van der Waals surface area (Å²) in [6, 6.07) is 0. The van der Waals surface area contributed by atoms with Gasteiger partial charge in [-0.3, -0.25) is 0 Å². The second-order valence-electron chi connectivity index (χ2n) is 6.31. The molecule has 2 aliphatic rings. The summed E-state index contributed by atoms with van der Waals surface area (Å²) >= 11 is -4.62. The Labute approximate surface area is 147 Å². The molecular weight excluding hydrogens is 348 g/mol. The van der Waals surface area contributed by atoms with Crippen LogP contribution in [0.3, 0.4) is 0 Å². The van der Waals surface area contributed by atoms with Crippen LogP contribution in [0.1, 0.15) is 60.3 Å². The van der Waals surface area contributed by atoms with Crippen LogP contribution in [0.2, 0.25) is 0 Å². The fourth-order valence-electron chi connectivity index (χ4n) is 3.79. The van der Waals surface area contributed by atoms with Crippen molar-refractivity contribution in [2.75, 3.05) is 0 Å². The Hall–Kier alpha value is -1.40. The van der Waals surface area contributed by atoms with Gasteiger partial charge >= 0.3 is 147 Å². The molecule has 132 valence electrons. The second kappa shape index (κ2) is 7.24. The third-order valence-electron chi connectivity index (χ3n) is 4.49. The predicted molar refractivity (Wildman–Crippen MR) is 82.7 cm³/mol. The van der Waals surface area contributed by atoms with Crippen LogP contribution in [0.25, 0.3) is 0 Å². The summed E-state index contributed by atoms with van der Waals surface area (Å²) in [4.78, 5) is 35.1. The van der Waals surface area contributed by atoms with E-state index < -0.39 is 35.7 Å². The zero-order valence-electron chi connectivity index (χ0n) is 14.9. The Morgan fingerprint density at radius 1 is 0.917 bits per heavy atom. The van der Waals surface area contributed by atoms with E-state index in [4.69, 9.17) is 9.96 Å². The van der Waals surface area contributed by atoms with Crippen molar-refractivity contribution in [1.82, 2.24) is 0 Å². The molecule has 0 amide bonds. The number of carbonyl (C=O) groups excluding carboxylic acids is 3. The molecule has 2 rings (SSSR count). The molecule has 6 nitrogen and oxygen atoms in total. The average molecular weight is 372 g/mol. The molecule has 0 aliphatic heterocycles. The van der Waals surface area contributed by atoms with Gasteiger partial charge in [0.15, 0.2) is 0 Å². The van der Waals surface area contributed by atoms with Crippen molar-refractivity contribution in [3.8, 4) is 0 Å². The van der Waals surface area contributed by atoms with Crippen LogP contribution in [0.15, 0.2) is 20.6 Å². The van der Waals surface area contributed by atoms with Crippen LogP contribution in [0.5, 0.6) is 0 Å². The number of rotatable bonds is 4. The van der Waals surface area contributed by atoms with Gasteiger partial charge in [-0.2, -0.15) is 0 Å². The molecule has 1 unspecified atom stereocenters. The van der Waals surface area contributed by atoms with Gasteiger partial charge in [0, 0.05) is 0 Å². The van der Waals surface area contributed by atoms with Gasteiger partial charge in [0.05, 0.1) is 0 Å². The summed E-state index contributed by atoms with van der Waals surface area (Å²) in [6.07, 6.45) is 4.13. The molecule has 0 saturated carbocycles. The van der Waals surface area contributed by atoms with E-state index in [9.17, 15) is 14.4 Å². The van der Waals surface area contributed by atoms with E-state index in [1.807, 2.05) is 13.8 Å². The summed E-state index contributed by atoms with van der Waals surface area (Å²) in [6.45, 7) is 7.64. The van der Waals surface area contributed by atoms with Gasteiger partial charge in [0.25, 0.3) is 0 Å². The van der Waals surface area contributed by atoms with Crippen molar-refractivity contribution in [2.45, 2.75) is 60.3 Å². The van der Waals surface area contributed by atoms with Crippen LogP contribution in [0, 0.1) is 5.92 Å². The Bertz CT molecular complexity index is 605. The number of carbonyl (C=O) groups is 3. The zero-order valence-corrected chi connectivity index (χ0v) is 16.4. The minimum atomic E-state index is -4.62. The standard InChI is InChI=1S/C11H15.3C2H4O2.Ti/c1-8-7-9(2)11-6-4-3-5-10(8)11;3*1-2(3)4;/h8H,3-6H2,1-2H3;3*1H3,(H,3,4);/q;;;;+3/p-3. The third kappa shape index (κ3) is 3.65. The summed E-state index contributed by atoms with van der Waals surface area (Å²) in [5.74, 6) is -1.89. The van der Waals surface area contributed by atoms with E-state index in [0.717, 1.165) is 31.3 Å². The first-order valence-corrected chi connectivity index (χ1v) is 10.9. The molecule has 0 aromatic carbocycles. The number of allylic oxidation sites excluding steroid dienone is 4. The molecule has 0 saturated heterocycles. The monoisotopic (exact) mass is 372 g/mol. The Kier molecular flexibility index (Phi) is 5.71. The van der Waals surface area contributed by atoms with Gasteiger partial charge in [-0.05, 0) is 0 Å². The quantitative estimate of drug-likeness (QED) is 0.704. The topological polar surface area (TPSA) is 78.9 Å². The number of hydrogen-bond donors (Lipinski definition) is 0. The molecule has 0 bridgehead atoms. The average Bonchev–Trinajstić information content (AvgIpc) is 2.69. The van der Waals surface area contributed by atoms with E-state index in [2.05, 4.69) is 0 Å². The molecule has 0 aromatic rings. The zero-order chi connectivity index (χ0) is 18.1. The molecule has 0 aromatic heterocycles. The van der Waals surface area contributed by atoms with Gasteiger partial charge in [0.1, 0.15) is 0 Å². The Balaban J connectivity index is 2.57. The van der Waals surface area contributed by atoms with Crippen LogP contribution in [0.4, 0.5) is 0 Å². The molecule has 0 radical (unpaired) electrons. The molecular formula is C17H24O6Ti. The van der Waals surface area contributed by atoms with Crippen LogP contribution < -0.4 is 0 Å². The van der Waals surface area contributed by atoms with E-state index in [-0.39, 0.29) is 5.92 Å². The van der Waals surface area contributed by atoms with Crippen molar-refractivity contribution in [2.24, 2.45) is 5.92 Å². The van der Waals surface area contributed by atoms with Gasteiger partial charge in [-0.15, -0.1) is 0 Å². The summed E-state index contributed by atoms with van der Waals surface area (Å²) in [5.41, 5.74) is 3.49. The first-order valence-electron chi connectivity index (χ1n) is 8.20. The van der Waals surface area contributed by atoms with E-state index >= 15 is 0 Å². The molecule has 0 heterocycles. The van der Waals surface area contributed by atoms with Crippen LogP contribution in [-0.2, 0) is 42.1 Å². The SMILES string of the molecule is CC(=O)[O][Ti]([O]C(C)=O)([O]C(C)=O)[C]1=C(C)C2=C(CCCC2)C1C. The molecule has 0 N–H and O–H groups in total. The molecule has 0 fully saturated rings. The van der Waals surface area contributed by atoms with E-state index in [1.165, 1.54) is 31.9 Å². The van der Waals surface area contributed by atoms with Gasteiger partial charge in [0.2, 0.25) is 0 Å². The second-order valence-corrected chi connectivity index (χ2v) is 9.84. The van der Waals surface area contributed by atoms with Crippen molar-refractivity contribution in [3.05, 3.63) is 20.6 Å². The third-order valence-corrected chi connectivity index (χ3v) is 9.38. The molecule has 24 heavy (non-hydrogen) atoms. The van der Waals surface area contributed by atoms with E-state index in [0.29, 0.717) is 3.88 Å². The fraction of sp³-hybridized carbons (Fsp3) is 0.588. The van der Waals surface area contributed by atoms with E-state index in [1.54, 1.807) is 0 Å². The molecule has 2 aliphatic carbocycles. The van der Waals surface area contributed by atoms with Crippen molar-refractivity contribution < 1.29 is 42.1 Å².